The monoisotopic (exact) mass is 317 g/mol. The average Bonchev–Trinajstić information content (AvgIpc) is 2.77. The van der Waals surface area contributed by atoms with Gasteiger partial charge in [0.1, 0.15) is 0 Å². The zero-order valence-corrected chi connectivity index (χ0v) is 13.0. The predicted octanol–water partition coefficient (Wildman–Crippen LogP) is 1.11. The maximum atomic E-state index is 12.5. The number of aryl methyl sites for hydroxylation is 1. The van der Waals surface area contributed by atoms with Crippen LogP contribution in [-0.4, -0.2) is 30.0 Å². The quantitative estimate of drug-likeness (QED) is 0.794. The Kier molecular flexibility index (Phi) is 5.00. The first-order chi connectivity index (χ1) is 11.0. The highest BCUT2D eigenvalue weighted by atomic mass is 16.5. The van der Waals surface area contributed by atoms with Gasteiger partial charge in [-0.25, -0.2) is 20.0 Å². The number of methoxy groups -OCH3 is 1. The van der Waals surface area contributed by atoms with E-state index in [1.807, 2.05) is 30.3 Å². The minimum absolute atomic E-state index is 0.252. The SMILES string of the molecule is COC(=O)C1=C(C)N(NC(N)=O)C(=O)C1CCc1ccccc1. The summed E-state index contributed by atoms with van der Waals surface area (Å²) in [5, 5.41) is 1.02. The van der Waals surface area contributed by atoms with Crippen molar-refractivity contribution in [3.63, 3.8) is 0 Å². The highest BCUT2D eigenvalue weighted by Gasteiger charge is 2.42. The Morgan fingerprint density at radius 2 is 1.96 bits per heavy atom. The second-order valence-corrected chi connectivity index (χ2v) is 5.22. The van der Waals surface area contributed by atoms with Gasteiger partial charge in [-0.3, -0.25) is 4.79 Å². The number of nitrogens with one attached hydrogen (secondary N) is 1. The maximum Gasteiger partial charge on any atom is 0.336 e. The Balaban J connectivity index is 2.23. The number of allylic oxidation sites excluding steroid dienone is 1. The summed E-state index contributed by atoms with van der Waals surface area (Å²) in [6, 6.07) is 8.77. The van der Waals surface area contributed by atoms with Crippen molar-refractivity contribution in [3.8, 4) is 0 Å². The fourth-order valence-corrected chi connectivity index (χ4v) is 2.69. The molecule has 1 aliphatic rings. The number of hydrogen-bond donors (Lipinski definition) is 2. The van der Waals surface area contributed by atoms with Gasteiger partial charge < -0.3 is 10.5 Å². The van der Waals surface area contributed by atoms with E-state index in [0.29, 0.717) is 18.5 Å². The van der Waals surface area contributed by atoms with Crippen molar-refractivity contribution in [1.82, 2.24) is 10.4 Å². The number of urea groups is 1. The van der Waals surface area contributed by atoms with E-state index in [1.54, 1.807) is 6.92 Å². The van der Waals surface area contributed by atoms with Gasteiger partial charge in [-0.05, 0) is 25.3 Å². The number of carbonyl (C=O) groups is 3. The van der Waals surface area contributed by atoms with E-state index in [9.17, 15) is 14.4 Å². The summed E-state index contributed by atoms with van der Waals surface area (Å²) in [6.45, 7) is 1.57. The lowest BCUT2D eigenvalue weighted by Crippen LogP contribution is -2.46. The molecule has 0 saturated heterocycles. The van der Waals surface area contributed by atoms with Crippen LogP contribution in [0.3, 0.4) is 0 Å². The molecule has 1 heterocycles. The molecule has 1 unspecified atom stereocenters. The molecule has 0 fully saturated rings. The van der Waals surface area contributed by atoms with Crippen LogP contribution >= 0.6 is 0 Å². The lowest BCUT2D eigenvalue weighted by atomic mass is 9.93. The molecule has 122 valence electrons. The first-order valence-corrected chi connectivity index (χ1v) is 7.18. The average molecular weight is 317 g/mol. The number of nitrogens with two attached hydrogens (primary N) is 1. The number of nitrogens with zero attached hydrogens (tertiary/aromatic N) is 1. The second kappa shape index (κ2) is 6.95. The number of esters is 1. The lowest BCUT2D eigenvalue weighted by molar-refractivity contribution is -0.139. The van der Waals surface area contributed by atoms with Crippen LogP contribution in [0.2, 0.25) is 0 Å². The molecule has 7 nitrogen and oxygen atoms in total. The van der Waals surface area contributed by atoms with Gasteiger partial charge in [0.2, 0.25) is 0 Å². The number of amides is 3. The van der Waals surface area contributed by atoms with Crippen LogP contribution in [0.15, 0.2) is 41.6 Å². The third kappa shape index (κ3) is 3.50. The number of rotatable bonds is 5. The van der Waals surface area contributed by atoms with E-state index in [4.69, 9.17) is 10.5 Å². The molecule has 0 saturated carbocycles. The van der Waals surface area contributed by atoms with E-state index in [1.165, 1.54) is 7.11 Å². The number of primary amides is 1. The molecule has 1 aliphatic heterocycles. The molecule has 0 bridgehead atoms. The van der Waals surface area contributed by atoms with Crippen LogP contribution in [0.1, 0.15) is 18.9 Å². The Bertz CT molecular complexity index is 655. The van der Waals surface area contributed by atoms with Gasteiger partial charge in [0.05, 0.1) is 24.3 Å². The highest BCUT2D eigenvalue weighted by Crippen LogP contribution is 2.32. The standard InChI is InChI=1S/C16H19N3O4/c1-10-13(15(21)23-2)12(14(20)19(10)18-16(17)22)9-8-11-6-4-3-5-7-11/h3-7,12H,8-9H2,1-2H3,(H3,17,18,22). The van der Waals surface area contributed by atoms with Gasteiger partial charge in [-0.1, -0.05) is 30.3 Å². The van der Waals surface area contributed by atoms with Crippen LogP contribution in [-0.2, 0) is 20.7 Å². The van der Waals surface area contributed by atoms with Crippen LogP contribution in [0.5, 0.6) is 0 Å². The Morgan fingerprint density at radius 1 is 1.30 bits per heavy atom. The fraction of sp³-hybridized carbons (Fsp3) is 0.312. The molecule has 0 spiro atoms. The second-order valence-electron chi connectivity index (χ2n) is 5.22. The molecule has 0 aromatic heterocycles. The minimum Gasteiger partial charge on any atom is -0.466 e. The highest BCUT2D eigenvalue weighted by molar-refractivity contribution is 6.02. The molecule has 0 aliphatic carbocycles. The normalized spacial score (nSPS) is 17.4. The van der Waals surface area contributed by atoms with Crippen LogP contribution in [0.4, 0.5) is 4.79 Å². The molecule has 1 aromatic rings. The van der Waals surface area contributed by atoms with Crippen molar-refractivity contribution < 1.29 is 19.1 Å². The summed E-state index contributed by atoms with van der Waals surface area (Å²) in [5.41, 5.74) is 8.96. The van der Waals surface area contributed by atoms with Gasteiger partial charge in [-0.2, -0.15) is 0 Å². The van der Waals surface area contributed by atoms with Gasteiger partial charge in [0.25, 0.3) is 5.91 Å². The van der Waals surface area contributed by atoms with Gasteiger partial charge in [0.15, 0.2) is 0 Å². The molecule has 7 heteroatoms. The zero-order valence-electron chi connectivity index (χ0n) is 13.0. The molecule has 0 radical (unpaired) electrons. The summed E-state index contributed by atoms with van der Waals surface area (Å²) in [6.07, 6.45) is 1.05. The van der Waals surface area contributed by atoms with E-state index in [-0.39, 0.29) is 5.57 Å². The third-order valence-electron chi connectivity index (χ3n) is 3.78. The van der Waals surface area contributed by atoms with Crippen molar-refractivity contribution in [2.75, 3.05) is 7.11 Å². The molecule has 23 heavy (non-hydrogen) atoms. The van der Waals surface area contributed by atoms with Crippen LogP contribution in [0.25, 0.3) is 0 Å². The number of hydrogen-bond acceptors (Lipinski definition) is 4. The number of ether oxygens (including phenoxy) is 1. The predicted molar refractivity (Wildman–Crippen MR) is 82.5 cm³/mol. The van der Waals surface area contributed by atoms with Crippen molar-refractivity contribution in [1.29, 1.82) is 0 Å². The van der Waals surface area contributed by atoms with Gasteiger partial charge >= 0.3 is 12.0 Å². The van der Waals surface area contributed by atoms with E-state index in [2.05, 4.69) is 5.43 Å². The lowest BCUT2D eigenvalue weighted by Gasteiger charge is -2.18. The molecule has 3 N–H and O–H groups in total. The van der Waals surface area contributed by atoms with Gasteiger partial charge in [-0.15, -0.1) is 0 Å². The number of benzene rings is 1. The summed E-state index contributed by atoms with van der Waals surface area (Å²) < 4.78 is 4.77. The molecular weight excluding hydrogens is 298 g/mol. The van der Waals surface area contributed by atoms with Crippen molar-refractivity contribution >= 4 is 17.9 Å². The Hall–Kier alpha value is -2.83. The van der Waals surface area contributed by atoms with E-state index < -0.39 is 23.8 Å². The minimum atomic E-state index is -0.870. The molecule has 1 aromatic carbocycles. The van der Waals surface area contributed by atoms with Crippen LogP contribution in [0, 0.1) is 5.92 Å². The first-order valence-electron chi connectivity index (χ1n) is 7.18. The third-order valence-corrected chi connectivity index (χ3v) is 3.78. The molecule has 2 rings (SSSR count). The largest absolute Gasteiger partial charge is 0.466 e. The summed E-state index contributed by atoms with van der Waals surface area (Å²) in [5.74, 6) is -1.64. The smallest absolute Gasteiger partial charge is 0.336 e. The summed E-state index contributed by atoms with van der Waals surface area (Å²) in [7, 11) is 1.26. The summed E-state index contributed by atoms with van der Waals surface area (Å²) >= 11 is 0. The van der Waals surface area contributed by atoms with Crippen molar-refractivity contribution in [2.45, 2.75) is 19.8 Å². The van der Waals surface area contributed by atoms with Crippen molar-refractivity contribution in [3.05, 3.63) is 47.2 Å². The zero-order chi connectivity index (χ0) is 17.0. The van der Waals surface area contributed by atoms with Crippen LogP contribution < -0.4 is 11.2 Å². The Labute approximate surface area is 134 Å². The van der Waals surface area contributed by atoms with Gasteiger partial charge in [0, 0.05) is 0 Å². The topological polar surface area (TPSA) is 102 Å². The molecular formula is C16H19N3O4. The number of carbonyl (C=O) groups excluding carboxylic acids is 3. The number of hydrazine groups is 1. The molecule has 3 amide bonds. The van der Waals surface area contributed by atoms with E-state index in [0.717, 1.165) is 10.6 Å². The van der Waals surface area contributed by atoms with E-state index >= 15 is 0 Å². The Morgan fingerprint density at radius 3 is 2.52 bits per heavy atom. The summed E-state index contributed by atoms with van der Waals surface area (Å²) in [4.78, 5) is 35.6. The fourth-order valence-electron chi connectivity index (χ4n) is 2.69. The first kappa shape index (κ1) is 16.5. The van der Waals surface area contributed by atoms with Crippen molar-refractivity contribution in [2.24, 2.45) is 11.7 Å². The molecule has 1 atom stereocenters. The maximum absolute atomic E-state index is 12.5.